The molecule has 0 aliphatic heterocycles. The standard InChI is InChI=1S/C15H16N2O2/c1-16(12-6-7-12)15(19)9-17-8-11(10-18)13-4-2-3-5-14(13)17/h2-5,8,10,12H,6-7,9H2,1H3. The summed E-state index contributed by atoms with van der Waals surface area (Å²) >= 11 is 0. The third kappa shape index (κ3) is 2.14. The lowest BCUT2D eigenvalue weighted by molar-refractivity contribution is -0.130. The number of para-hydroxylation sites is 1. The van der Waals surface area contributed by atoms with Gasteiger partial charge in [-0.25, -0.2) is 0 Å². The average Bonchev–Trinajstić information content (AvgIpc) is 3.22. The molecule has 0 unspecified atom stereocenters. The van der Waals surface area contributed by atoms with E-state index in [1.54, 1.807) is 6.20 Å². The number of fused-ring (bicyclic) bond motifs is 1. The van der Waals surface area contributed by atoms with Crippen molar-refractivity contribution in [3.63, 3.8) is 0 Å². The van der Waals surface area contributed by atoms with E-state index in [0.717, 1.165) is 30.0 Å². The Labute approximate surface area is 111 Å². The number of nitrogens with zero attached hydrogens (tertiary/aromatic N) is 2. The number of hydrogen-bond donors (Lipinski definition) is 0. The van der Waals surface area contributed by atoms with Crippen LogP contribution in [0.2, 0.25) is 0 Å². The van der Waals surface area contributed by atoms with Gasteiger partial charge in [-0.2, -0.15) is 0 Å². The monoisotopic (exact) mass is 256 g/mol. The first-order chi connectivity index (χ1) is 9.20. The van der Waals surface area contributed by atoms with Crippen LogP contribution >= 0.6 is 0 Å². The SMILES string of the molecule is CN(C(=O)Cn1cc(C=O)c2ccccc21)C1CC1. The molecule has 98 valence electrons. The lowest BCUT2D eigenvalue weighted by Crippen LogP contribution is -2.31. The molecule has 0 saturated heterocycles. The highest BCUT2D eigenvalue weighted by atomic mass is 16.2. The van der Waals surface area contributed by atoms with Gasteiger partial charge in [0.05, 0.1) is 0 Å². The summed E-state index contributed by atoms with van der Waals surface area (Å²) in [5.74, 6) is 0.0979. The zero-order valence-corrected chi connectivity index (χ0v) is 10.9. The number of hydrogen-bond acceptors (Lipinski definition) is 2. The highest BCUT2D eigenvalue weighted by molar-refractivity contribution is 5.98. The highest BCUT2D eigenvalue weighted by Crippen LogP contribution is 2.26. The fourth-order valence-corrected chi connectivity index (χ4v) is 2.42. The lowest BCUT2D eigenvalue weighted by Gasteiger charge is -2.16. The molecule has 3 rings (SSSR count). The van der Waals surface area contributed by atoms with Crippen LogP contribution in [-0.2, 0) is 11.3 Å². The summed E-state index contributed by atoms with van der Waals surface area (Å²) in [6.45, 7) is 0.293. The average molecular weight is 256 g/mol. The number of carbonyl (C=O) groups excluding carboxylic acids is 2. The second-order valence-electron chi connectivity index (χ2n) is 5.08. The van der Waals surface area contributed by atoms with Crippen LogP contribution in [-0.4, -0.2) is 34.7 Å². The first kappa shape index (κ1) is 12.0. The summed E-state index contributed by atoms with van der Waals surface area (Å²) in [5.41, 5.74) is 1.57. The number of amides is 1. The van der Waals surface area contributed by atoms with Crippen LogP contribution in [0.4, 0.5) is 0 Å². The molecule has 19 heavy (non-hydrogen) atoms. The Bertz CT molecular complexity index is 641. The predicted octanol–water partition coefficient (Wildman–Crippen LogP) is 2.07. The van der Waals surface area contributed by atoms with E-state index in [4.69, 9.17) is 0 Å². The van der Waals surface area contributed by atoms with Gasteiger partial charge in [-0.1, -0.05) is 18.2 Å². The fourth-order valence-electron chi connectivity index (χ4n) is 2.42. The topological polar surface area (TPSA) is 42.3 Å². The van der Waals surface area contributed by atoms with Gasteiger partial charge in [-0.15, -0.1) is 0 Å². The molecule has 4 nitrogen and oxygen atoms in total. The van der Waals surface area contributed by atoms with Gasteiger partial charge in [0.15, 0.2) is 6.29 Å². The highest BCUT2D eigenvalue weighted by Gasteiger charge is 2.29. The quantitative estimate of drug-likeness (QED) is 0.786. The molecular formula is C15H16N2O2. The zero-order chi connectivity index (χ0) is 13.4. The van der Waals surface area contributed by atoms with E-state index in [2.05, 4.69) is 0 Å². The molecule has 0 bridgehead atoms. The van der Waals surface area contributed by atoms with E-state index < -0.39 is 0 Å². The van der Waals surface area contributed by atoms with E-state index in [0.29, 0.717) is 18.2 Å². The van der Waals surface area contributed by atoms with E-state index in [-0.39, 0.29) is 5.91 Å². The number of aromatic nitrogens is 1. The second-order valence-corrected chi connectivity index (χ2v) is 5.08. The van der Waals surface area contributed by atoms with Crippen molar-refractivity contribution in [1.29, 1.82) is 0 Å². The molecule has 1 aliphatic carbocycles. The molecule has 1 aliphatic rings. The Morgan fingerprint density at radius 3 is 2.84 bits per heavy atom. The molecule has 4 heteroatoms. The number of rotatable bonds is 4. The van der Waals surface area contributed by atoms with Gasteiger partial charge in [0.2, 0.25) is 5.91 Å². The molecule has 1 heterocycles. The van der Waals surface area contributed by atoms with Crippen LogP contribution in [0.5, 0.6) is 0 Å². The Morgan fingerprint density at radius 1 is 1.42 bits per heavy atom. The molecule has 1 amide bonds. The maximum atomic E-state index is 12.2. The number of carbonyl (C=O) groups is 2. The van der Waals surface area contributed by atoms with Crippen molar-refractivity contribution in [2.24, 2.45) is 0 Å². The van der Waals surface area contributed by atoms with Crippen LogP contribution in [0.15, 0.2) is 30.5 Å². The molecule has 0 N–H and O–H groups in total. The molecule has 1 saturated carbocycles. The van der Waals surface area contributed by atoms with Crippen molar-refractivity contribution in [3.8, 4) is 0 Å². The van der Waals surface area contributed by atoms with Crippen molar-refractivity contribution in [3.05, 3.63) is 36.0 Å². The van der Waals surface area contributed by atoms with Gasteiger partial charge in [-0.05, 0) is 18.9 Å². The summed E-state index contributed by atoms with van der Waals surface area (Å²) < 4.78 is 1.86. The molecule has 1 aromatic heterocycles. The number of aldehydes is 1. The molecule has 1 fully saturated rings. The van der Waals surface area contributed by atoms with Gasteiger partial charge in [0.25, 0.3) is 0 Å². The second kappa shape index (κ2) is 4.53. The van der Waals surface area contributed by atoms with Crippen molar-refractivity contribution in [1.82, 2.24) is 9.47 Å². The predicted molar refractivity (Wildman–Crippen MR) is 73.1 cm³/mol. The molecule has 0 radical (unpaired) electrons. The summed E-state index contributed by atoms with van der Waals surface area (Å²) in [5, 5.41) is 0.902. The molecule has 0 atom stereocenters. The third-order valence-corrected chi connectivity index (χ3v) is 3.74. The Kier molecular flexibility index (Phi) is 2.85. The summed E-state index contributed by atoms with van der Waals surface area (Å²) in [6.07, 6.45) is 4.81. The zero-order valence-electron chi connectivity index (χ0n) is 10.9. The summed E-state index contributed by atoms with van der Waals surface area (Å²) in [6, 6.07) is 8.08. The van der Waals surface area contributed by atoms with Gasteiger partial charge in [0, 0.05) is 35.8 Å². The van der Waals surface area contributed by atoms with E-state index in [1.807, 2.05) is 40.8 Å². The van der Waals surface area contributed by atoms with Gasteiger partial charge in [0.1, 0.15) is 6.54 Å². The lowest BCUT2D eigenvalue weighted by atomic mass is 10.2. The first-order valence-electron chi connectivity index (χ1n) is 6.49. The summed E-state index contributed by atoms with van der Waals surface area (Å²) in [7, 11) is 1.85. The van der Waals surface area contributed by atoms with Crippen LogP contribution in [0.1, 0.15) is 23.2 Å². The van der Waals surface area contributed by atoms with Crippen LogP contribution in [0.3, 0.4) is 0 Å². The van der Waals surface area contributed by atoms with E-state index in [9.17, 15) is 9.59 Å². The Morgan fingerprint density at radius 2 is 2.16 bits per heavy atom. The molecule has 1 aromatic carbocycles. The Balaban J connectivity index is 1.92. The van der Waals surface area contributed by atoms with Crippen LogP contribution in [0, 0.1) is 0 Å². The normalized spacial score (nSPS) is 14.6. The third-order valence-electron chi connectivity index (χ3n) is 3.74. The number of benzene rings is 1. The molecular weight excluding hydrogens is 240 g/mol. The Hall–Kier alpha value is -2.10. The van der Waals surface area contributed by atoms with Gasteiger partial charge >= 0.3 is 0 Å². The minimum absolute atomic E-state index is 0.0979. The van der Waals surface area contributed by atoms with Crippen molar-refractivity contribution >= 4 is 23.1 Å². The fraction of sp³-hybridized carbons (Fsp3) is 0.333. The largest absolute Gasteiger partial charge is 0.341 e. The maximum Gasteiger partial charge on any atom is 0.242 e. The van der Waals surface area contributed by atoms with Crippen molar-refractivity contribution in [2.45, 2.75) is 25.4 Å². The van der Waals surface area contributed by atoms with Gasteiger partial charge < -0.3 is 9.47 Å². The van der Waals surface area contributed by atoms with Crippen LogP contribution < -0.4 is 0 Å². The maximum absolute atomic E-state index is 12.2. The smallest absolute Gasteiger partial charge is 0.242 e. The van der Waals surface area contributed by atoms with E-state index in [1.165, 1.54) is 0 Å². The first-order valence-corrected chi connectivity index (χ1v) is 6.49. The molecule has 2 aromatic rings. The summed E-state index contributed by atoms with van der Waals surface area (Å²) in [4.78, 5) is 25.0. The van der Waals surface area contributed by atoms with Crippen molar-refractivity contribution in [2.75, 3.05) is 7.05 Å². The van der Waals surface area contributed by atoms with Gasteiger partial charge in [-0.3, -0.25) is 9.59 Å². The minimum atomic E-state index is 0.0979. The minimum Gasteiger partial charge on any atom is -0.341 e. The van der Waals surface area contributed by atoms with E-state index >= 15 is 0 Å². The van der Waals surface area contributed by atoms with Crippen LogP contribution in [0.25, 0.3) is 10.9 Å². The molecule has 0 spiro atoms. The van der Waals surface area contributed by atoms with Crippen molar-refractivity contribution < 1.29 is 9.59 Å². The number of likely N-dealkylation sites (N-methyl/N-ethyl adjacent to an activating group) is 1.